The highest BCUT2D eigenvalue weighted by atomic mass is 32.1. The Balaban J connectivity index is 2.48. The number of ketones is 1. The average molecular weight is 233 g/mol. The van der Waals surface area contributed by atoms with Crippen LogP contribution < -0.4 is 10.5 Å². The molecule has 0 amide bonds. The molecule has 0 radical (unpaired) electrons. The van der Waals surface area contributed by atoms with Crippen LogP contribution in [0.5, 0.6) is 5.75 Å². The summed E-state index contributed by atoms with van der Waals surface area (Å²) < 4.78 is 5.15. The van der Waals surface area contributed by atoms with E-state index >= 15 is 0 Å². The van der Waals surface area contributed by atoms with Crippen molar-refractivity contribution in [2.45, 2.75) is 0 Å². The summed E-state index contributed by atoms with van der Waals surface area (Å²) in [6, 6.07) is 8.81. The lowest BCUT2D eigenvalue weighted by Crippen LogP contribution is -2.04. The van der Waals surface area contributed by atoms with E-state index < -0.39 is 0 Å². The Bertz CT molecular complexity index is 506. The number of ether oxygens (including phenoxy) is 1. The van der Waals surface area contributed by atoms with Crippen molar-refractivity contribution in [1.82, 2.24) is 0 Å². The molecule has 0 saturated carbocycles. The van der Waals surface area contributed by atoms with Crippen molar-refractivity contribution >= 4 is 22.8 Å². The molecule has 0 saturated heterocycles. The van der Waals surface area contributed by atoms with Crippen molar-refractivity contribution < 1.29 is 9.53 Å². The Labute approximate surface area is 97.5 Å². The molecule has 82 valence electrons. The SMILES string of the molecule is COc1c(N)cccc1C(=O)c1cccs1. The fraction of sp³-hybridized carbons (Fsp3) is 0.0833. The van der Waals surface area contributed by atoms with Crippen LogP contribution in [-0.4, -0.2) is 12.9 Å². The third-order valence-electron chi connectivity index (χ3n) is 2.24. The minimum absolute atomic E-state index is 0.0563. The number of benzene rings is 1. The van der Waals surface area contributed by atoms with E-state index in [9.17, 15) is 4.79 Å². The Morgan fingerprint density at radius 3 is 2.75 bits per heavy atom. The highest BCUT2D eigenvalue weighted by Gasteiger charge is 2.16. The summed E-state index contributed by atoms with van der Waals surface area (Å²) in [5.74, 6) is 0.389. The van der Waals surface area contributed by atoms with Gasteiger partial charge in [0.1, 0.15) is 0 Å². The van der Waals surface area contributed by atoms with E-state index in [-0.39, 0.29) is 5.78 Å². The first kappa shape index (κ1) is 10.7. The van der Waals surface area contributed by atoms with Crippen LogP contribution in [0.4, 0.5) is 5.69 Å². The van der Waals surface area contributed by atoms with Crippen molar-refractivity contribution in [3.8, 4) is 5.75 Å². The number of methoxy groups -OCH3 is 1. The molecule has 0 aliphatic heterocycles. The molecule has 0 aliphatic carbocycles. The van der Waals surface area contributed by atoms with Gasteiger partial charge in [0, 0.05) is 0 Å². The van der Waals surface area contributed by atoms with Crippen LogP contribution in [0.3, 0.4) is 0 Å². The van der Waals surface area contributed by atoms with Gasteiger partial charge in [-0.25, -0.2) is 0 Å². The molecular formula is C12H11NO2S. The summed E-state index contributed by atoms with van der Waals surface area (Å²) in [4.78, 5) is 12.8. The minimum Gasteiger partial charge on any atom is -0.494 e. The molecule has 1 aromatic carbocycles. The molecule has 16 heavy (non-hydrogen) atoms. The zero-order valence-corrected chi connectivity index (χ0v) is 9.58. The second-order valence-electron chi connectivity index (χ2n) is 3.23. The second kappa shape index (κ2) is 4.37. The molecule has 2 aromatic rings. The molecule has 0 unspecified atom stereocenters. The summed E-state index contributed by atoms with van der Waals surface area (Å²) in [6.45, 7) is 0. The number of carbonyl (C=O) groups is 1. The Morgan fingerprint density at radius 2 is 2.12 bits per heavy atom. The molecule has 4 heteroatoms. The lowest BCUT2D eigenvalue weighted by Gasteiger charge is -2.08. The first-order valence-electron chi connectivity index (χ1n) is 4.74. The number of hydrogen-bond acceptors (Lipinski definition) is 4. The number of hydrogen-bond donors (Lipinski definition) is 1. The van der Waals surface area contributed by atoms with E-state index in [4.69, 9.17) is 10.5 Å². The number of para-hydroxylation sites is 1. The van der Waals surface area contributed by atoms with Crippen LogP contribution >= 0.6 is 11.3 Å². The van der Waals surface area contributed by atoms with Crippen LogP contribution in [0.15, 0.2) is 35.7 Å². The number of carbonyl (C=O) groups excluding carboxylic acids is 1. The van der Waals surface area contributed by atoms with Gasteiger partial charge >= 0.3 is 0 Å². The number of nitrogen functional groups attached to an aromatic ring is 1. The molecule has 2 N–H and O–H groups in total. The average Bonchev–Trinajstić information content (AvgIpc) is 2.81. The molecule has 3 nitrogen and oxygen atoms in total. The molecule has 1 heterocycles. The maximum absolute atomic E-state index is 12.1. The van der Waals surface area contributed by atoms with Crippen molar-refractivity contribution in [2.24, 2.45) is 0 Å². The molecular weight excluding hydrogens is 222 g/mol. The number of nitrogens with two attached hydrogens (primary N) is 1. The first-order chi connectivity index (χ1) is 7.74. The van der Waals surface area contributed by atoms with Crippen molar-refractivity contribution in [3.05, 3.63) is 46.2 Å². The molecule has 0 fully saturated rings. The molecule has 0 bridgehead atoms. The predicted molar refractivity (Wildman–Crippen MR) is 65.2 cm³/mol. The summed E-state index contributed by atoms with van der Waals surface area (Å²) in [5.41, 5.74) is 6.73. The van der Waals surface area contributed by atoms with Crippen molar-refractivity contribution in [3.63, 3.8) is 0 Å². The molecule has 1 aromatic heterocycles. The maximum Gasteiger partial charge on any atom is 0.206 e. The Hall–Kier alpha value is -1.81. The van der Waals surface area contributed by atoms with E-state index in [1.54, 1.807) is 24.3 Å². The molecule has 2 rings (SSSR count). The molecule has 0 aliphatic rings. The van der Waals surface area contributed by atoms with E-state index in [1.807, 2.05) is 11.4 Å². The third kappa shape index (κ3) is 1.79. The van der Waals surface area contributed by atoms with Crippen molar-refractivity contribution in [2.75, 3.05) is 12.8 Å². The topological polar surface area (TPSA) is 52.3 Å². The van der Waals surface area contributed by atoms with E-state index in [1.165, 1.54) is 18.4 Å². The lowest BCUT2D eigenvalue weighted by atomic mass is 10.1. The number of rotatable bonds is 3. The third-order valence-corrected chi connectivity index (χ3v) is 3.11. The van der Waals surface area contributed by atoms with Gasteiger partial charge in [0.05, 0.1) is 23.2 Å². The second-order valence-corrected chi connectivity index (χ2v) is 4.18. The largest absolute Gasteiger partial charge is 0.494 e. The zero-order valence-electron chi connectivity index (χ0n) is 8.77. The van der Waals surface area contributed by atoms with Crippen molar-refractivity contribution in [1.29, 1.82) is 0 Å². The fourth-order valence-corrected chi connectivity index (χ4v) is 2.18. The highest BCUT2D eigenvalue weighted by molar-refractivity contribution is 7.12. The van der Waals surface area contributed by atoms with Crippen LogP contribution in [0.2, 0.25) is 0 Å². The summed E-state index contributed by atoms with van der Waals surface area (Å²) in [6.07, 6.45) is 0. The maximum atomic E-state index is 12.1. The lowest BCUT2D eigenvalue weighted by molar-refractivity contribution is 0.103. The zero-order chi connectivity index (χ0) is 11.5. The monoisotopic (exact) mass is 233 g/mol. The standard InChI is InChI=1S/C12H11NO2S/c1-15-12-8(4-2-5-9(12)13)11(14)10-6-3-7-16-10/h2-7H,13H2,1H3. The summed E-state index contributed by atoms with van der Waals surface area (Å²) in [5, 5.41) is 1.87. The smallest absolute Gasteiger partial charge is 0.206 e. The van der Waals surface area contributed by atoms with Gasteiger partial charge in [0.15, 0.2) is 5.75 Å². The minimum atomic E-state index is -0.0563. The van der Waals surface area contributed by atoms with Gasteiger partial charge in [-0.15, -0.1) is 11.3 Å². The van der Waals surface area contributed by atoms with Gasteiger partial charge in [-0.3, -0.25) is 4.79 Å². The quantitative estimate of drug-likeness (QED) is 0.654. The molecule has 0 spiro atoms. The van der Waals surface area contributed by atoms with Gasteiger partial charge in [0.2, 0.25) is 5.78 Å². The Kier molecular flexibility index (Phi) is 2.92. The van der Waals surface area contributed by atoms with Gasteiger partial charge in [0.25, 0.3) is 0 Å². The summed E-state index contributed by atoms with van der Waals surface area (Å²) in [7, 11) is 1.51. The van der Waals surface area contributed by atoms with Crippen LogP contribution in [0, 0.1) is 0 Å². The normalized spacial score (nSPS) is 10.1. The van der Waals surface area contributed by atoms with Gasteiger partial charge < -0.3 is 10.5 Å². The van der Waals surface area contributed by atoms with Gasteiger partial charge in [-0.2, -0.15) is 0 Å². The van der Waals surface area contributed by atoms with Gasteiger partial charge in [-0.05, 0) is 23.6 Å². The Morgan fingerprint density at radius 1 is 1.31 bits per heavy atom. The first-order valence-corrected chi connectivity index (χ1v) is 5.62. The predicted octanol–water partition coefficient (Wildman–Crippen LogP) is 2.57. The van der Waals surface area contributed by atoms with E-state index in [0.717, 1.165) is 0 Å². The van der Waals surface area contributed by atoms with Gasteiger partial charge in [-0.1, -0.05) is 12.1 Å². The van der Waals surface area contributed by atoms with E-state index in [0.29, 0.717) is 21.9 Å². The van der Waals surface area contributed by atoms with E-state index in [2.05, 4.69) is 0 Å². The van der Waals surface area contributed by atoms with Crippen LogP contribution in [-0.2, 0) is 0 Å². The molecule has 0 atom stereocenters. The highest BCUT2D eigenvalue weighted by Crippen LogP contribution is 2.28. The number of anilines is 1. The fourth-order valence-electron chi connectivity index (χ4n) is 1.50. The summed E-state index contributed by atoms with van der Waals surface area (Å²) >= 11 is 1.40. The van der Waals surface area contributed by atoms with Crippen LogP contribution in [0.25, 0.3) is 0 Å². The van der Waals surface area contributed by atoms with Crippen LogP contribution in [0.1, 0.15) is 15.2 Å². The number of thiophene rings is 1.